The van der Waals surface area contributed by atoms with Crippen LogP contribution >= 0.6 is 0 Å². The fraction of sp³-hybridized carbons (Fsp3) is 0.444. The summed E-state index contributed by atoms with van der Waals surface area (Å²) in [5.74, 6) is 0.522. The van der Waals surface area contributed by atoms with Gasteiger partial charge in [0, 0.05) is 36.4 Å². The van der Waals surface area contributed by atoms with Crippen LogP contribution in [0.5, 0.6) is 0 Å². The van der Waals surface area contributed by atoms with Gasteiger partial charge >= 0.3 is 0 Å². The summed E-state index contributed by atoms with van der Waals surface area (Å²) in [6.45, 7) is 4.77. The molecule has 0 aromatic carbocycles. The number of piperidine rings is 1. The zero-order valence-electron chi connectivity index (χ0n) is 15.0. The van der Waals surface area contributed by atoms with Crippen LogP contribution in [0.4, 0.5) is 0 Å². The maximum atomic E-state index is 13.0. The number of hydrogen-bond donors (Lipinski definition) is 1. The number of aromatic nitrogens is 5. The number of nitrogens with one attached hydrogen (secondary N) is 1. The molecule has 1 aliphatic heterocycles. The van der Waals surface area contributed by atoms with E-state index in [9.17, 15) is 9.59 Å². The summed E-state index contributed by atoms with van der Waals surface area (Å²) in [7, 11) is 0. The lowest BCUT2D eigenvalue weighted by Crippen LogP contribution is -2.41. The van der Waals surface area contributed by atoms with E-state index in [0.29, 0.717) is 12.3 Å². The molecule has 1 N–H and O–H groups in total. The van der Waals surface area contributed by atoms with Crippen LogP contribution in [0.3, 0.4) is 0 Å². The van der Waals surface area contributed by atoms with Crippen molar-refractivity contribution in [3.8, 4) is 0 Å². The lowest BCUT2D eigenvalue weighted by atomic mass is 9.99. The van der Waals surface area contributed by atoms with Gasteiger partial charge in [-0.15, -0.1) is 0 Å². The molecule has 1 amide bonds. The number of hydrogen-bond acceptors (Lipinski definition) is 4. The van der Waals surface area contributed by atoms with Crippen LogP contribution in [0.1, 0.15) is 42.4 Å². The van der Waals surface area contributed by atoms with Gasteiger partial charge in [-0.2, -0.15) is 5.10 Å². The van der Waals surface area contributed by atoms with E-state index in [-0.39, 0.29) is 24.1 Å². The monoisotopic (exact) mass is 354 g/mol. The molecule has 8 nitrogen and oxygen atoms in total. The van der Waals surface area contributed by atoms with Gasteiger partial charge in [0.25, 0.3) is 5.56 Å². The molecule has 8 heteroatoms. The van der Waals surface area contributed by atoms with Gasteiger partial charge in [-0.05, 0) is 39.2 Å². The minimum Gasteiger partial charge on any atom is -0.333 e. The van der Waals surface area contributed by atoms with E-state index in [4.69, 9.17) is 0 Å². The van der Waals surface area contributed by atoms with E-state index >= 15 is 0 Å². The second-order valence-corrected chi connectivity index (χ2v) is 6.87. The number of aryl methyl sites for hydroxylation is 2. The molecule has 3 aromatic rings. The van der Waals surface area contributed by atoms with Crippen molar-refractivity contribution in [1.29, 1.82) is 0 Å². The van der Waals surface area contributed by atoms with E-state index in [1.165, 1.54) is 4.40 Å². The number of nitrogens with zero attached hydrogens (tertiary/aromatic N) is 5. The summed E-state index contributed by atoms with van der Waals surface area (Å²) in [5, 5.41) is 4.39. The zero-order valence-corrected chi connectivity index (χ0v) is 15.0. The minimum absolute atomic E-state index is 0.0185. The Morgan fingerprint density at radius 2 is 2.15 bits per heavy atom. The first kappa shape index (κ1) is 16.6. The smallest absolute Gasteiger partial charge is 0.259 e. The number of amides is 1. The standard InChI is InChI=1S/C18H22N6O2/c1-12-9-13(2)24(21-12)11-17(26)22-7-4-3-5-15(22)14-10-16(25)23-8-6-19-18(23)20-14/h6,8-10,15H,3-5,7,11H2,1-2H3,(H,19,20). The molecule has 4 heterocycles. The number of imidazole rings is 1. The van der Waals surface area contributed by atoms with Gasteiger partial charge in [0.1, 0.15) is 6.54 Å². The first-order chi connectivity index (χ1) is 12.5. The first-order valence-electron chi connectivity index (χ1n) is 8.90. The zero-order chi connectivity index (χ0) is 18.3. The van der Waals surface area contributed by atoms with Gasteiger partial charge in [0.15, 0.2) is 0 Å². The normalized spacial score (nSPS) is 17.8. The van der Waals surface area contributed by atoms with Crippen LogP contribution in [0.25, 0.3) is 5.78 Å². The Bertz CT molecular complexity index is 1010. The highest BCUT2D eigenvalue weighted by molar-refractivity contribution is 5.76. The van der Waals surface area contributed by atoms with E-state index < -0.39 is 0 Å². The Balaban J connectivity index is 1.64. The quantitative estimate of drug-likeness (QED) is 0.774. The van der Waals surface area contributed by atoms with Crippen molar-refractivity contribution in [2.45, 2.75) is 45.7 Å². The van der Waals surface area contributed by atoms with Gasteiger partial charge in [-0.1, -0.05) is 0 Å². The van der Waals surface area contributed by atoms with Crippen LogP contribution in [0.2, 0.25) is 0 Å². The number of fused-ring (bicyclic) bond motifs is 1. The molecule has 1 saturated heterocycles. The number of carbonyl (C=O) groups is 1. The van der Waals surface area contributed by atoms with Gasteiger partial charge in [0.05, 0.1) is 11.7 Å². The van der Waals surface area contributed by atoms with Gasteiger partial charge in [-0.25, -0.2) is 4.98 Å². The third kappa shape index (κ3) is 2.91. The average Bonchev–Trinajstić information content (AvgIpc) is 3.21. The van der Waals surface area contributed by atoms with E-state index in [2.05, 4.69) is 15.1 Å². The van der Waals surface area contributed by atoms with Gasteiger partial charge in [0.2, 0.25) is 11.7 Å². The maximum Gasteiger partial charge on any atom is 0.259 e. The topological polar surface area (TPSA) is 88.3 Å². The average molecular weight is 354 g/mol. The molecule has 0 spiro atoms. The number of H-pyrrole nitrogens is 1. The lowest BCUT2D eigenvalue weighted by molar-refractivity contribution is -0.136. The lowest BCUT2D eigenvalue weighted by Gasteiger charge is -2.35. The molecular weight excluding hydrogens is 332 g/mol. The third-order valence-corrected chi connectivity index (χ3v) is 4.98. The molecule has 1 fully saturated rings. The van der Waals surface area contributed by atoms with Crippen LogP contribution in [-0.4, -0.2) is 41.5 Å². The SMILES string of the molecule is Cc1cc(C)n(CC(=O)N2CCCCC2c2cc(=O)n3ccnc3[nH]2)n1. The van der Waals surface area contributed by atoms with Gasteiger partial charge in [-0.3, -0.25) is 18.7 Å². The highest BCUT2D eigenvalue weighted by Crippen LogP contribution is 2.29. The van der Waals surface area contributed by atoms with Crippen molar-refractivity contribution in [3.63, 3.8) is 0 Å². The van der Waals surface area contributed by atoms with Crippen LogP contribution in [0, 0.1) is 13.8 Å². The minimum atomic E-state index is -0.136. The summed E-state index contributed by atoms with van der Waals surface area (Å²) < 4.78 is 3.21. The van der Waals surface area contributed by atoms with Crippen molar-refractivity contribution in [2.75, 3.05) is 6.54 Å². The molecule has 1 aliphatic rings. The number of rotatable bonds is 3. The molecule has 4 rings (SSSR count). The Morgan fingerprint density at radius 3 is 2.92 bits per heavy atom. The fourth-order valence-corrected chi connectivity index (χ4v) is 3.73. The second kappa shape index (κ2) is 6.44. The highest BCUT2D eigenvalue weighted by Gasteiger charge is 2.29. The molecule has 136 valence electrons. The molecule has 3 aromatic heterocycles. The number of carbonyl (C=O) groups excluding carboxylic acids is 1. The summed E-state index contributed by atoms with van der Waals surface area (Å²) in [5.41, 5.74) is 2.48. The molecule has 1 atom stereocenters. The largest absolute Gasteiger partial charge is 0.333 e. The predicted molar refractivity (Wildman–Crippen MR) is 95.8 cm³/mol. The summed E-state index contributed by atoms with van der Waals surface area (Å²) >= 11 is 0. The van der Waals surface area contributed by atoms with Crippen molar-refractivity contribution in [2.24, 2.45) is 0 Å². The highest BCUT2D eigenvalue weighted by atomic mass is 16.2. The van der Waals surface area contributed by atoms with Crippen molar-refractivity contribution in [1.82, 2.24) is 29.0 Å². The molecule has 0 aliphatic carbocycles. The van der Waals surface area contributed by atoms with Crippen LogP contribution < -0.4 is 5.56 Å². The molecule has 26 heavy (non-hydrogen) atoms. The van der Waals surface area contributed by atoms with Crippen molar-refractivity contribution in [3.05, 3.63) is 52.0 Å². The van der Waals surface area contributed by atoms with E-state index in [1.54, 1.807) is 23.1 Å². The molecule has 1 unspecified atom stereocenters. The summed E-state index contributed by atoms with van der Waals surface area (Å²) in [6.07, 6.45) is 6.04. The van der Waals surface area contributed by atoms with E-state index in [0.717, 1.165) is 36.3 Å². The van der Waals surface area contributed by atoms with Crippen molar-refractivity contribution < 1.29 is 4.79 Å². The third-order valence-electron chi connectivity index (χ3n) is 4.98. The summed E-state index contributed by atoms with van der Waals surface area (Å²) in [4.78, 5) is 34.5. The molecule has 0 bridgehead atoms. The Morgan fingerprint density at radius 1 is 1.31 bits per heavy atom. The van der Waals surface area contributed by atoms with Crippen LogP contribution in [-0.2, 0) is 11.3 Å². The Hall–Kier alpha value is -2.90. The van der Waals surface area contributed by atoms with Crippen molar-refractivity contribution >= 4 is 11.7 Å². The second-order valence-electron chi connectivity index (χ2n) is 6.87. The van der Waals surface area contributed by atoms with E-state index in [1.807, 2.05) is 24.8 Å². The molecule has 0 saturated carbocycles. The number of likely N-dealkylation sites (tertiary alicyclic amines) is 1. The van der Waals surface area contributed by atoms with Gasteiger partial charge < -0.3 is 9.88 Å². The predicted octanol–water partition coefficient (Wildman–Crippen LogP) is 1.59. The molecular formula is C18H22N6O2. The summed E-state index contributed by atoms with van der Waals surface area (Å²) in [6, 6.07) is 3.40. The Kier molecular flexibility index (Phi) is 4.10. The fourth-order valence-electron chi connectivity index (χ4n) is 3.73. The maximum absolute atomic E-state index is 13.0. The van der Waals surface area contributed by atoms with Crippen LogP contribution in [0.15, 0.2) is 29.3 Å². The Labute approximate surface area is 150 Å². The first-order valence-corrected chi connectivity index (χ1v) is 8.90. The number of aromatic amines is 1. The molecule has 0 radical (unpaired) electrons.